The molecule has 1 fully saturated rings. The minimum absolute atomic E-state index is 0.0864. The van der Waals surface area contributed by atoms with Crippen LogP contribution in [0, 0.1) is 11.3 Å². The van der Waals surface area contributed by atoms with E-state index in [1.54, 1.807) is 0 Å². The maximum atomic E-state index is 11.5. The highest BCUT2D eigenvalue weighted by Crippen LogP contribution is 2.35. The second kappa shape index (κ2) is 3.17. The fraction of sp³-hybridized carbons (Fsp3) is 0.900. The summed E-state index contributed by atoms with van der Waals surface area (Å²) in [6.45, 7) is 6.05. The topological polar surface area (TPSA) is 37.3 Å². The van der Waals surface area contributed by atoms with E-state index < -0.39 is 6.10 Å². The van der Waals surface area contributed by atoms with Crippen LogP contribution in [0.25, 0.3) is 0 Å². The van der Waals surface area contributed by atoms with Crippen molar-refractivity contribution in [3.05, 3.63) is 0 Å². The lowest BCUT2D eigenvalue weighted by Gasteiger charge is -2.36. The molecule has 2 atom stereocenters. The van der Waals surface area contributed by atoms with Gasteiger partial charge in [-0.1, -0.05) is 20.8 Å². The summed E-state index contributed by atoms with van der Waals surface area (Å²) in [5.74, 6) is 0.0903. The molecule has 0 amide bonds. The first-order valence-corrected chi connectivity index (χ1v) is 4.63. The average molecular weight is 170 g/mol. The summed E-state index contributed by atoms with van der Waals surface area (Å²) in [6, 6.07) is 0. The SMILES string of the molecule is CC(C)(C)C1C(=O)CCCC1O. The summed E-state index contributed by atoms with van der Waals surface area (Å²) < 4.78 is 0. The van der Waals surface area contributed by atoms with E-state index in [1.807, 2.05) is 20.8 Å². The van der Waals surface area contributed by atoms with E-state index in [-0.39, 0.29) is 17.1 Å². The lowest BCUT2D eigenvalue weighted by molar-refractivity contribution is -0.134. The number of aliphatic hydroxyl groups excluding tert-OH is 1. The van der Waals surface area contributed by atoms with Crippen LogP contribution in [0.15, 0.2) is 0 Å². The zero-order valence-electron chi connectivity index (χ0n) is 8.13. The lowest BCUT2D eigenvalue weighted by Crippen LogP contribution is -2.41. The van der Waals surface area contributed by atoms with E-state index >= 15 is 0 Å². The third-order valence-corrected chi connectivity index (χ3v) is 2.59. The molecular formula is C10H18O2. The van der Waals surface area contributed by atoms with E-state index in [2.05, 4.69) is 0 Å². The maximum Gasteiger partial charge on any atom is 0.139 e. The third kappa shape index (κ3) is 1.86. The van der Waals surface area contributed by atoms with Crippen molar-refractivity contribution in [2.24, 2.45) is 11.3 Å². The molecule has 2 heteroatoms. The van der Waals surface area contributed by atoms with Crippen molar-refractivity contribution in [3.8, 4) is 0 Å². The Bertz CT molecular complexity index is 179. The van der Waals surface area contributed by atoms with Crippen molar-refractivity contribution < 1.29 is 9.90 Å². The van der Waals surface area contributed by atoms with Gasteiger partial charge in [0, 0.05) is 12.3 Å². The molecule has 0 aromatic carbocycles. The zero-order valence-corrected chi connectivity index (χ0v) is 8.13. The summed E-state index contributed by atoms with van der Waals surface area (Å²) in [5.41, 5.74) is -0.0864. The number of hydrogen-bond donors (Lipinski definition) is 1. The van der Waals surface area contributed by atoms with Gasteiger partial charge in [-0.2, -0.15) is 0 Å². The molecule has 70 valence electrons. The molecule has 2 unspecified atom stereocenters. The quantitative estimate of drug-likeness (QED) is 0.601. The van der Waals surface area contributed by atoms with Crippen LogP contribution < -0.4 is 0 Å². The molecule has 0 aromatic heterocycles. The van der Waals surface area contributed by atoms with Crippen LogP contribution in [0.4, 0.5) is 0 Å². The number of carbonyl (C=O) groups is 1. The second-order valence-electron chi connectivity index (χ2n) is 4.77. The standard InChI is InChI=1S/C10H18O2/c1-10(2,3)9-7(11)5-4-6-8(9)12/h7,9,11H,4-6H2,1-3H3. The molecule has 0 aromatic rings. The van der Waals surface area contributed by atoms with Crippen molar-refractivity contribution >= 4 is 5.78 Å². The van der Waals surface area contributed by atoms with Gasteiger partial charge in [-0.25, -0.2) is 0 Å². The molecule has 2 nitrogen and oxygen atoms in total. The molecule has 1 N–H and O–H groups in total. The smallest absolute Gasteiger partial charge is 0.139 e. The lowest BCUT2D eigenvalue weighted by atomic mass is 9.70. The Kier molecular flexibility index (Phi) is 2.57. The van der Waals surface area contributed by atoms with E-state index in [0.717, 1.165) is 12.8 Å². The Morgan fingerprint density at radius 3 is 2.33 bits per heavy atom. The second-order valence-corrected chi connectivity index (χ2v) is 4.77. The Morgan fingerprint density at radius 2 is 2.00 bits per heavy atom. The Balaban J connectivity index is 2.77. The van der Waals surface area contributed by atoms with E-state index in [1.165, 1.54) is 0 Å². The molecular weight excluding hydrogens is 152 g/mol. The summed E-state index contributed by atoms with van der Waals surface area (Å²) >= 11 is 0. The molecule has 12 heavy (non-hydrogen) atoms. The van der Waals surface area contributed by atoms with Crippen LogP contribution in [0.3, 0.4) is 0 Å². The molecule has 0 bridgehead atoms. The number of Topliss-reactive ketones (excluding diaryl/α,β-unsaturated/α-hetero) is 1. The molecule has 1 rings (SSSR count). The fourth-order valence-electron chi connectivity index (χ4n) is 2.08. The summed E-state index contributed by atoms with van der Waals surface area (Å²) in [4.78, 5) is 11.5. The van der Waals surface area contributed by atoms with E-state index in [4.69, 9.17) is 0 Å². The van der Waals surface area contributed by atoms with Gasteiger partial charge in [-0.3, -0.25) is 4.79 Å². The van der Waals surface area contributed by atoms with Gasteiger partial charge in [-0.15, -0.1) is 0 Å². The van der Waals surface area contributed by atoms with E-state index in [0.29, 0.717) is 6.42 Å². The summed E-state index contributed by atoms with van der Waals surface area (Å²) in [7, 11) is 0. The molecule has 0 saturated heterocycles. The largest absolute Gasteiger partial charge is 0.392 e. The molecule has 0 heterocycles. The summed E-state index contributed by atoms with van der Waals surface area (Å²) in [5, 5.41) is 9.65. The first-order chi connectivity index (χ1) is 5.43. The molecule has 0 radical (unpaired) electrons. The predicted molar refractivity (Wildman–Crippen MR) is 47.8 cm³/mol. The zero-order chi connectivity index (χ0) is 9.35. The van der Waals surface area contributed by atoms with Crippen molar-refractivity contribution in [1.82, 2.24) is 0 Å². The number of rotatable bonds is 0. The highest BCUT2D eigenvalue weighted by atomic mass is 16.3. The molecule has 0 spiro atoms. The Morgan fingerprint density at radius 1 is 1.42 bits per heavy atom. The van der Waals surface area contributed by atoms with Gasteiger partial charge in [0.05, 0.1) is 6.10 Å². The van der Waals surface area contributed by atoms with Crippen LogP contribution in [0.5, 0.6) is 0 Å². The highest BCUT2D eigenvalue weighted by molar-refractivity contribution is 5.83. The number of hydrogen-bond acceptors (Lipinski definition) is 2. The molecule has 0 aliphatic heterocycles. The van der Waals surface area contributed by atoms with Gasteiger partial charge in [0.25, 0.3) is 0 Å². The maximum absolute atomic E-state index is 11.5. The van der Waals surface area contributed by atoms with Crippen LogP contribution in [0.2, 0.25) is 0 Å². The molecule has 1 aliphatic carbocycles. The minimum Gasteiger partial charge on any atom is -0.392 e. The van der Waals surface area contributed by atoms with Gasteiger partial charge < -0.3 is 5.11 Å². The van der Waals surface area contributed by atoms with Crippen LogP contribution in [0.1, 0.15) is 40.0 Å². The Hall–Kier alpha value is -0.370. The molecule has 1 saturated carbocycles. The van der Waals surface area contributed by atoms with Gasteiger partial charge in [0.1, 0.15) is 5.78 Å². The van der Waals surface area contributed by atoms with Gasteiger partial charge in [0.15, 0.2) is 0 Å². The number of ketones is 1. The normalized spacial score (nSPS) is 32.2. The Labute approximate surface area is 74.0 Å². The van der Waals surface area contributed by atoms with Crippen molar-refractivity contribution in [2.45, 2.75) is 46.1 Å². The van der Waals surface area contributed by atoms with Crippen LogP contribution in [-0.4, -0.2) is 17.0 Å². The third-order valence-electron chi connectivity index (χ3n) is 2.59. The predicted octanol–water partition coefficient (Wildman–Crippen LogP) is 1.76. The van der Waals surface area contributed by atoms with Crippen LogP contribution in [-0.2, 0) is 4.79 Å². The number of carbonyl (C=O) groups excluding carboxylic acids is 1. The van der Waals surface area contributed by atoms with Crippen molar-refractivity contribution in [3.63, 3.8) is 0 Å². The fourth-order valence-corrected chi connectivity index (χ4v) is 2.08. The van der Waals surface area contributed by atoms with Gasteiger partial charge in [-0.05, 0) is 18.3 Å². The van der Waals surface area contributed by atoms with Crippen molar-refractivity contribution in [2.75, 3.05) is 0 Å². The van der Waals surface area contributed by atoms with Crippen molar-refractivity contribution in [1.29, 1.82) is 0 Å². The van der Waals surface area contributed by atoms with Crippen LogP contribution >= 0.6 is 0 Å². The van der Waals surface area contributed by atoms with Gasteiger partial charge in [0.2, 0.25) is 0 Å². The first-order valence-electron chi connectivity index (χ1n) is 4.63. The van der Waals surface area contributed by atoms with E-state index in [9.17, 15) is 9.90 Å². The summed E-state index contributed by atoms with van der Waals surface area (Å²) in [6.07, 6.45) is 1.88. The molecule has 1 aliphatic rings. The average Bonchev–Trinajstić information content (AvgIpc) is 1.82. The van der Waals surface area contributed by atoms with Gasteiger partial charge >= 0.3 is 0 Å². The monoisotopic (exact) mass is 170 g/mol. The first kappa shape index (κ1) is 9.72. The minimum atomic E-state index is -0.411. The number of aliphatic hydroxyl groups is 1. The highest BCUT2D eigenvalue weighted by Gasteiger charge is 2.38.